The van der Waals surface area contributed by atoms with Gasteiger partial charge in [0.1, 0.15) is 0 Å². The van der Waals surface area contributed by atoms with Crippen LogP contribution >= 0.6 is 0 Å². The first kappa shape index (κ1) is 15.0. The first-order valence-electron chi connectivity index (χ1n) is 6.23. The maximum absolute atomic E-state index is 5.20. The molecule has 0 amide bonds. The molecule has 2 unspecified atom stereocenters. The van der Waals surface area contributed by atoms with Gasteiger partial charge in [-0.2, -0.15) is 0 Å². The van der Waals surface area contributed by atoms with Crippen LogP contribution in [0.5, 0.6) is 0 Å². The number of rotatable bonds is 9. The number of tetrazole rings is 1. The van der Waals surface area contributed by atoms with Crippen molar-refractivity contribution in [2.75, 3.05) is 34.0 Å². The fraction of sp³-hybridized carbons (Fsp3) is 0.909. The number of nitrogens with zero attached hydrogens (tertiary/aromatic N) is 4. The first-order valence-corrected chi connectivity index (χ1v) is 6.23. The number of ether oxygens (including phenoxy) is 2. The van der Waals surface area contributed by atoms with E-state index < -0.39 is 0 Å². The van der Waals surface area contributed by atoms with E-state index in [1.807, 2.05) is 11.6 Å². The van der Waals surface area contributed by atoms with E-state index in [2.05, 4.69) is 27.8 Å². The molecule has 1 rings (SSSR count). The molecule has 104 valence electrons. The van der Waals surface area contributed by atoms with Crippen molar-refractivity contribution in [3.63, 3.8) is 0 Å². The maximum Gasteiger partial charge on any atom is 0.168 e. The van der Waals surface area contributed by atoms with Gasteiger partial charge in [-0.25, -0.2) is 4.68 Å². The van der Waals surface area contributed by atoms with Crippen LogP contribution in [0.4, 0.5) is 0 Å². The van der Waals surface area contributed by atoms with E-state index in [9.17, 15) is 0 Å². The third kappa shape index (κ3) is 4.01. The number of nitrogens with one attached hydrogen (secondary N) is 1. The zero-order valence-electron chi connectivity index (χ0n) is 11.6. The Hall–Kier alpha value is -1.05. The maximum atomic E-state index is 5.20. The Morgan fingerprint density at radius 1 is 1.33 bits per heavy atom. The van der Waals surface area contributed by atoms with Crippen LogP contribution < -0.4 is 5.32 Å². The SMILES string of the molecule is CCC(COC)n1nnnc1C(C)NCCOC. The van der Waals surface area contributed by atoms with Gasteiger partial charge in [-0.1, -0.05) is 6.92 Å². The van der Waals surface area contributed by atoms with E-state index in [1.165, 1.54) is 0 Å². The molecule has 0 saturated carbocycles. The lowest BCUT2D eigenvalue weighted by molar-refractivity contribution is 0.143. The van der Waals surface area contributed by atoms with Gasteiger partial charge in [0.05, 0.1) is 25.3 Å². The molecule has 1 aromatic heterocycles. The zero-order chi connectivity index (χ0) is 13.4. The molecule has 0 radical (unpaired) electrons. The summed E-state index contributed by atoms with van der Waals surface area (Å²) in [5.74, 6) is 0.829. The second-order valence-electron chi connectivity index (χ2n) is 4.17. The minimum Gasteiger partial charge on any atom is -0.383 e. The predicted octanol–water partition coefficient (Wildman–Crippen LogP) is 0.568. The molecule has 18 heavy (non-hydrogen) atoms. The van der Waals surface area contributed by atoms with Crippen molar-refractivity contribution in [1.82, 2.24) is 25.5 Å². The molecule has 0 aromatic carbocycles. The van der Waals surface area contributed by atoms with E-state index >= 15 is 0 Å². The van der Waals surface area contributed by atoms with Gasteiger partial charge in [-0.05, 0) is 23.8 Å². The molecule has 1 N–H and O–H groups in total. The van der Waals surface area contributed by atoms with Gasteiger partial charge in [0.2, 0.25) is 0 Å². The van der Waals surface area contributed by atoms with E-state index in [1.54, 1.807) is 14.2 Å². The van der Waals surface area contributed by atoms with Gasteiger partial charge in [-0.3, -0.25) is 0 Å². The van der Waals surface area contributed by atoms with Gasteiger partial charge >= 0.3 is 0 Å². The summed E-state index contributed by atoms with van der Waals surface area (Å²) in [6.07, 6.45) is 0.927. The summed E-state index contributed by atoms with van der Waals surface area (Å²) in [4.78, 5) is 0. The van der Waals surface area contributed by atoms with Crippen molar-refractivity contribution in [1.29, 1.82) is 0 Å². The summed E-state index contributed by atoms with van der Waals surface area (Å²) in [5, 5.41) is 15.2. The summed E-state index contributed by atoms with van der Waals surface area (Å²) >= 11 is 0. The standard InChI is InChI=1S/C11H23N5O2/c1-5-10(8-18-4)16-11(13-14-15-16)9(2)12-6-7-17-3/h9-10,12H,5-8H2,1-4H3. The molecule has 0 bridgehead atoms. The molecule has 7 nitrogen and oxygen atoms in total. The topological polar surface area (TPSA) is 74.1 Å². The zero-order valence-corrected chi connectivity index (χ0v) is 11.6. The van der Waals surface area contributed by atoms with Gasteiger partial charge in [-0.15, -0.1) is 5.10 Å². The highest BCUT2D eigenvalue weighted by Gasteiger charge is 2.19. The number of methoxy groups -OCH3 is 2. The monoisotopic (exact) mass is 257 g/mol. The normalized spacial score (nSPS) is 14.7. The van der Waals surface area contributed by atoms with Crippen molar-refractivity contribution in [3.05, 3.63) is 5.82 Å². The molecule has 0 aliphatic heterocycles. The largest absolute Gasteiger partial charge is 0.383 e. The van der Waals surface area contributed by atoms with Crippen molar-refractivity contribution >= 4 is 0 Å². The van der Waals surface area contributed by atoms with E-state index in [0.717, 1.165) is 18.8 Å². The van der Waals surface area contributed by atoms with Crippen LogP contribution in [0.15, 0.2) is 0 Å². The fourth-order valence-corrected chi connectivity index (χ4v) is 1.77. The van der Waals surface area contributed by atoms with Crippen LogP contribution in [0.2, 0.25) is 0 Å². The lowest BCUT2D eigenvalue weighted by Crippen LogP contribution is -2.27. The molecule has 0 aliphatic rings. The van der Waals surface area contributed by atoms with Crippen LogP contribution in [-0.4, -0.2) is 54.2 Å². The molecular weight excluding hydrogens is 234 g/mol. The van der Waals surface area contributed by atoms with Gasteiger partial charge in [0.25, 0.3) is 0 Å². The van der Waals surface area contributed by atoms with Gasteiger partial charge in [0, 0.05) is 20.8 Å². The van der Waals surface area contributed by atoms with Crippen LogP contribution in [0.1, 0.15) is 38.2 Å². The third-order valence-electron chi connectivity index (χ3n) is 2.84. The Balaban J connectivity index is 2.67. The van der Waals surface area contributed by atoms with E-state index in [0.29, 0.717) is 13.2 Å². The highest BCUT2D eigenvalue weighted by Crippen LogP contribution is 2.16. The lowest BCUT2D eigenvalue weighted by atomic mass is 10.2. The smallest absolute Gasteiger partial charge is 0.168 e. The quantitative estimate of drug-likeness (QED) is 0.652. The van der Waals surface area contributed by atoms with Crippen LogP contribution in [0, 0.1) is 0 Å². The minimum atomic E-state index is 0.0843. The molecule has 7 heteroatoms. The molecule has 1 aromatic rings. The van der Waals surface area contributed by atoms with E-state index in [4.69, 9.17) is 9.47 Å². The van der Waals surface area contributed by atoms with E-state index in [-0.39, 0.29) is 12.1 Å². The van der Waals surface area contributed by atoms with Crippen LogP contribution in [-0.2, 0) is 9.47 Å². The highest BCUT2D eigenvalue weighted by molar-refractivity contribution is 4.92. The number of hydrogen-bond acceptors (Lipinski definition) is 6. The first-order chi connectivity index (χ1) is 8.74. The third-order valence-corrected chi connectivity index (χ3v) is 2.84. The molecule has 0 saturated heterocycles. The average Bonchev–Trinajstić information content (AvgIpc) is 2.85. The van der Waals surface area contributed by atoms with Crippen LogP contribution in [0.3, 0.4) is 0 Å². The summed E-state index contributed by atoms with van der Waals surface area (Å²) in [6.45, 7) is 6.18. The van der Waals surface area contributed by atoms with Crippen molar-refractivity contribution < 1.29 is 9.47 Å². The highest BCUT2D eigenvalue weighted by atomic mass is 16.5. The minimum absolute atomic E-state index is 0.0843. The Morgan fingerprint density at radius 3 is 2.72 bits per heavy atom. The summed E-state index contributed by atoms with van der Waals surface area (Å²) in [5.41, 5.74) is 0. The van der Waals surface area contributed by atoms with Crippen LogP contribution in [0.25, 0.3) is 0 Å². The molecule has 1 heterocycles. The Morgan fingerprint density at radius 2 is 2.11 bits per heavy atom. The summed E-state index contributed by atoms with van der Waals surface area (Å²) in [7, 11) is 3.37. The Kier molecular flexibility index (Phi) is 6.77. The molecule has 0 fully saturated rings. The Labute approximate surface area is 108 Å². The second kappa shape index (κ2) is 8.12. The lowest BCUT2D eigenvalue weighted by Gasteiger charge is -2.18. The molecule has 2 atom stereocenters. The van der Waals surface area contributed by atoms with Crippen molar-refractivity contribution in [3.8, 4) is 0 Å². The van der Waals surface area contributed by atoms with Gasteiger partial charge in [0.15, 0.2) is 5.82 Å². The average molecular weight is 257 g/mol. The number of hydrogen-bond donors (Lipinski definition) is 1. The fourth-order valence-electron chi connectivity index (χ4n) is 1.77. The van der Waals surface area contributed by atoms with Gasteiger partial charge < -0.3 is 14.8 Å². The van der Waals surface area contributed by atoms with Crippen molar-refractivity contribution in [2.24, 2.45) is 0 Å². The summed E-state index contributed by atoms with van der Waals surface area (Å²) < 4.78 is 12.0. The molecular formula is C11H23N5O2. The summed E-state index contributed by atoms with van der Waals surface area (Å²) in [6, 6.07) is 0.257. The molecule has 0 aliphatic carbocycles. The second-order valence-corrected chi connectivity index (χ2v) is 4.17. The van der Waals surface area contributed by atoms with Crippen molar-refractivity contribution in [2.45, 2.75) is 32.4 Å². The Bertz CT molecular complexity index is 331. The molecule has 0 spiro atoms. The number of aromatic nitrogens is 4. The predicted molar refractivity (Wildman–Crippen MR) is 67.3 cm³/mol.